The van der Waals surface area contributed by atoms with E-state index in [0.29, 0.717) is 12.8 Å². The molecule has 0 spiro atoms. The molecule has 0 aromatic rings. The highest BCUT2D eigenvalue weighted by Crippen LogP contribution is 2.39. The van der Waals surface area contributed by atoms with Gasteiger partial charge in [-0.25, -0.2) is 4.79 Å². The molecule has 1 rings (SSSR count). The molecule has 0 saturated heterocycles. The molecule has 10 heavy (non-hydrogen) atoms. The van der Waals surface area contributed by atoms with Crippen LogP contribution in [0.15, 0.2) is 0 Å². The van der Waals surface area contributed by atoms with Crippen LogP contribution in [0.3, 0.4) is 0 Å². The maximum atomic E-state index is 10.4. The van der Waals surface area contributed by atoms with E-state index >= 15 is 0 Å². The molecular weight excluding hydrogens is 136 g/mol. The molecule has 1 saturated carbocycles. The van der Waals surface area contributed by atoms with Crippen LogP contribution in [-0.2, 0) is 9.53 Å². The molecule has 4 heteroatoms. The Bertz CT molecular complexity index is 139. The van der Waals surface area contributed by atoms with Crippen LogP contribution in [0.4, 0.5) is 0 Å². The van der Waals surface area contributed by atoms with Crippen molar-refractivity contribution in [3.63, 3.8) is 0 Å². The normalized spacial score (nSPS) is 20.5. The Labute approximate surface area is 58.4 Å². The largest absolute Gasteiger partial charge is 0.479 e. The molecule has 0 aromatic heterocycles. The summed E-state index contributed by atoms with van der Waals surface area (Å²) >= 11 is 0. The molecule has 58 valence electrons. The van der Waals surface area contributed by atoms with Crippen LogP contribution >= 0.6 is 0 Å². The molecule has 0 unspecified atom stereocenters. The number of carboxylic acids is 1. The molecule has 0 aliphatic heterocycles. The Balaban J connectivity index is 2.31. The quantitative estimate of drug-likeness (QED) is 0.567. The van der Waals surface area contributed by atoms with Crippen LogP contribution < -0.4 is 0 Å². The Morgan fingerprint density at radius 2 is 2.20 bits per heavy atom. The fourth-order valence-corrected chi connectivity index (χ4v) is 0.774. The first kappa shape index (κ1) is 7.50. The Morgan fingerprint density at radius 3 is 2.50 bits per heavy atom. The smallest absolute Gasteiger partial charge is 0.335 e. The second-order valence-corrected chi connectivity index (χ2v) is 2.37. The van der Waals surface area contributed by atoms with E-state index in [1.165, 1.54) is 0 Å². The maximum Gasteiger partial charge on any atom is 0.335 e. The van der Waals surface area contributed by atoms with E-state index in [2.05, 4.69) is 0 Å². The van der Waals surface area contributed by atoms with Gasteiger partial charge in [0.2, 0.25) is 0 Å². The molecule has 4 nitrogen and oxygen atoms in total. The zero-order valence-corrected chi connectivity index (χ0v) is 5.54. The molecule has 0 radical (unpaired) electrons. The van der Waals surface area contributed by atoms with Gasteiger partial charge in [-0.3, -0.25) is 0 Å². The minimum absolute atomic E-state index is 0.116. The maximum absolute atomic E-state index is 10.4. The van der Waals surface area contributed by atoms with E-state index in [4.69, 9.17) is 14.9 Å². The van der Waals surface area contributed by atoms with Crippen LogP contribution in [0.25, 0.3) is 0 Å². The number of rotatable bonds is 4. The third-order valence-electron chi connectivity index (χ3n) is 1.56. The summed E-state index contributed by atoms with van der Waals surface area (Å²) in [5.74, 6) is -0.916. The molecular formula is C6H10O4. The lowest BCUT2D eigenvalue weighted by molar-refractivity contribution is -0.154. The van der Waals surface area contributed by atoms with E-state index in [1.807, 2.05) is 0 Å². The molecule has 0 aromatic carbocycles. The summed E-state index contributed by atoms with van der Waals surface area (Å²) in [6.07, 6.45) is 1.14. The van der Waals surface area contributed by atoms with Crippen molar-refractivity contribution >= 4 is 5.97 Å². The number of carbonyl (C=O) groups is 1. The van der Waals surface area contributed by atoms with Crippen LogP contribution in [0, 0.1) is 0 Å². The molecule has 1 fully saturated rings. The minimum atomic E-state index is -0.942. The van der Waals surface area contributed by atoms with Gasteiger partial charge in [0, 0.05) is 0 Å². The zero-order chi connectivity index (χ0) is 7.61. The number of ether oxygens (including phenoxy) is 1. The predicted molar refractivity (Wildman–Crippen MR) is 32.6 cm³/mol. The molecule has 1 aliphatic rings. The third-order valence-corrected chi connectivity index (χ3v) is 1.56. The minimum Gasteiger partial charge on any atom is -0.479 e. The molecule has 0 bridgehead atoms. The first-order chi connectivity index (χ1) is 4.71. The van der Waals surface area contributed by atoms with Gasteiger partial charge in [0.25, 0.3) is 0 Å². The van der Waals surface area contributed by atoms with E-state index < -0.39 is 11.6 Å². The second-order valence-electron chi connectivity index (χ2n) is 2.37. The van der Waals surface area contributed by atoms with Gasteiger partial charge >= 0.3 is 5.97 Å². The van der Waals surface area contributed by atoms with Crippen molar-refractivity contribution in [2.24, 2.45) is 0 Å². The first-order valence-corrected chi connectivity index (χ1v) is 3.19. The lowest BCUT2D eigenvalue weighted by Crippen LogP contribution is -2.26. The SMILES string of the molecule is O=C(O)C1(OCCO)CC1. The number of aliphatic hydroxyl groups is 1. The van der Waals surface area contributed by atoms with Crippen LogP contribution in [0.2, 0.25) is 0 Å². The summed E-state index contributed by atoms with van der Waals surface area (Å²) in [4.78, 5) is 10.4. The monoisotopic (exact) mass is 146 g/mol. The van der Waals surface area contributed by atoms with E-state index in [0.717, 1.165) is 0 Å². The highest BCUT2D eigenvalue weighted by molar-refractivity contribution is 5.80. The highest BCUT2D eigenvalue weighted by Gasteiger charge is 2.51. The Kier molecular flexibility index (Phi) is 1.92. The molecule has 2 N–H and O–H groups in total. The number of hydrogen-bond donors (Lipinski definition) is 2. The Hall–Kier alpha value is -0.610. The number of carboxylic acid groups (broad SMARTS) is 1. The fraction of sp³-hybridized carbons (Fsp3) is 0.833. The van der Waals surface area contributed by atoms with Gasteiger partial charge in [0.15, 0.2) is 5.60 Å². The van der Waals surface area contributed by atoms with Crippen molar-refractivity contribution in [2.75, 3.05) is 13.2 Å². The molecule has 0 atom stereocenters. The summed E-state index contributed by atoms with van der Waals surface area (Å²) in [6.45, 7) is 0.00132. The fourth-order valence-electron chi connectivity index (χ4n) is 0.774. The lowest BCUT2D eigenvalue weighted by Gasteiger charge is -2.08. The van der Waals surface area contributed by atoms with Gasteiger partial charge in [-0.05, 0) is 12.8 Å². The van der Waals surface area contributed by atoms with Crippen molar-refractivity contribution in [2.45, 2.75) is 18.4 Å². The van der Waals surface area contributed by atoms with E-state index in [1.54, 1.807) is 0 Å². The van der Waals surface area contributed by atoms with Gasteiger partial charge in [-0.1, -0.05) is 0 Å². The average molecular weight is 146 g/mol. The summed E-state index contributed by atoms with van der Waals surface area (Å²) < 4.78 is 4.90. The summed E-state index contributed by atoms with van der Waals surface area (Å²) in [5.41, 5.74) is -0.942. The van der Waals surface area contributed by atoms with Crippen molar-refractivity contribution in [1.82, 2.24) is 0 Å². The van der Waals surface area contributed by atoms with E-state index in [9.17, 15) is 4.79 Å². The van der Waals surface area contributed by atoms with Crippen molar-refractivity contribution in [3.05, 3.63) is 0 Å². The molecule has 0 amide bonds. The third kappa shape index (κ3) is 1.27. The zero-order valence-electron chi connectivity index (χ0n) is 5.54. The highest BCUT2D eigenvalue weighted by atomic mass is 16.5. The van der Waals surface area contributed by atoms with E-state index in [-0.39, 0.29) is 13.2 Å². The standard InChI is InChI=1S/C6H10O4/c7-3-4-10-6(1-2-6)5(8)9/h7H,1-4H2,(H,8,9). The average Bonchev–Trinajstić information content (AvgIpc) is 2.64. The van der Waals surface area contributed by atoms with Crippen LogP contribution in [0.1, 0.15) is 12.8 Å². The summed E-state index contributed by atoms with van der Waals surface area (Å²) in [7, 11) is 0. The number of hydrogen-bond acceptors (Lipinski definition) is 3. The lowest BCUT2D eigenvalue weighted by atomic mass is 10.3. The van der Waals surface area contributed by atoms with Gasteiger partial charge in [0.05, 0.1) is 13.2 Å². The Morgan fingerprint density at radius 1 is 1.60 bits per heavy atom. The summed E-state index contributed by atoms with van der Waals surface area (Å²) in [5, 5.41) is 16.8. The summed E-state index contributed by atoms with van der Waals surface area (Å²) in [6, 6.07) is 0. The van der Waals surface area contributed by atoms with Crippen molar-refractivity contribution in [1.29, 1.82) is 0 Å². The van der Waals surface area contributed by atoms with Crippen molar-refractivity contribution in [3.8, 4) is 0 Å². The van der Waals surface area contributed by atoms with Crippen LogP contribution in [-0.4, -0.2) is 35.0 Å². The van der Waals surface area contributed by atoms with Gasteiger partial charge in [-0.2, -0.15) is 0 Å². The molecule has 1 aliphatic carbocycles. The number of aliphatic carboxylic acids is 1. The molecule has 0 heterocycles. The van der Waals surface area contributed by atoms with Gasteiger partial charge in [0.1, 0.15) is 0 Å². The van der Waals surface area contributed by atoms with Crippen molar-refractivity contribution < 1.29 is 19.7 Å². The predicted octanol–water partition coefficient (Wildman–Crippen LogP) is -0.388. The number of aliphatic hydroxyl groups excluding tert-OH is 1. The van der Waals surface area contributed by atoms with Gasteiger partial charge < -0.3 is 14.9 Å². The van der Waals surface area contributed by atoms with Gasteiger partial charge in [-0.15, -0.1) is 0 Å². The second kappa shape index (κ2) is 2.56. The van der Waals surface area contributed by atoms with Crippen LogP contribution in [0.5, 0.6) is 0 Å². The first-order valence-electron chi connectivity index (χ1n) is 3.19. The topological polar surface area (TPSA) is 66.8 Å².